The van der Waals surface area contributed by atoms with Gasteiger partial charge in [-0.3, -0.25) is 9.59 Å². The molecule has 0 bridgehead atoms. The van der Waals surface area contributed by atoms with Crippen molar-refractivity contribution in [2.24, 2.45) is 17.6 Å². The summed E-state index contributed by atoms with van der Waals surface area (Å²) in [4.78, 5) is 24.5. The van der Waals surface area contributed by atoms with Crippen molar-refractivity contribution in [3.63, 3.8) is 0 Å². The van der Waals surface area contributed by atoms with E-state index in [1.54, 1.807) is 0 Å². The SMILES string of the molecule is Cl.NCC1CCCCC1NC(=O)C1CC(=O)N(CC(F)(F)F)C1. The van der Waals surface area contributed by atoms with Crippen molar-refractivity contribution in [2.45, 2.75) is 44.3 Å². The molecule has 0 aromatic carbocycles. The second-order valence-corrected chi connectivity index (χ2v) is 6.19. The average molecular weight is 358 g/mol. The topological polar surface area (TPSA) is 75.4 Å². The number of carbonyl (C=O) groups is 2. The Bertz CT molecular complexity index is 434. The number of alkyl halides is 3. The van der Waals surface area contributed by atoms with E-state index in [4.69, 9.17) is 5.73 Å². The third-order valence-corrected chi connectivity index (χ3v) is 4.49. The van der Waals surface area contributed by atoms with Gasteiger partial charge in [0.05, 0.1) is 5.92 Å². The van der Waals surface area contributed by atoms with Crippen LogP contribution in [0, 0.1) is 11.8 Å². The number of rotatable bonds is 4. The summed E-state index contributed by atoms with van der Waals surface area (Å²) in [6.07, 6.45) is -0.719. The fourth-order valence-corrected chi connectivity index (χ4v) is 3.30. The molecule has 23 heavy (non-hydrogen) atoms. The third kappa shape index (κ3) is 5.53. The van der Waals surface area contributed by atoms with E-state index < -0.39 is 24.5 Å². The van der Waals surface area contributed by atoms with Crippen LogP contribution in [0.25, 0.3) is 0 Å². The van der Waals surface area contributed by atoms with Gasteiger partial charge in [0.1, 0.15) is 6.54 Å². The molecular weight excluding hydrogens is 335 g/mol. The van der Waals surface area contributed by atoms with E-state index in [0.717, 1.165) is 25.7 Å². The van der Waals surface area contributed by atoms with Gasteiger partial charge in [-0.15, -0.1) is 12.4 Å². The van der Waals surface area contributed by atoms with Crippen molar-refractivity contribution in [3.8, 4) is 0 Å². The van der Waals surface area contributed by atoms with Gasteiger partial charge in [0.15, 0.2) is 0 Å². The van der Waals surface area contributed by atoms with Crippen LogP contribution in [0.2, 0.25) is 0 Å². The standard InChI is InChI=1S/C14H22F3N3O2.ClH/c15-14(16,17)8-20-7-10(5-12(20)21)13(22)19-11-4-2-1-3-9(11)6-18;/h9-11H,1-8,18H2,(H,19,22);1H. The second kappa shape index (κ2) is 8.19. The second-order valence-electron chi connectivity index (χ2n) is 6.19. The van der Waals surface area contributed by atoms with Crippen LogP contribution in [0.1, 0.15) is 32.1 Å². The number of halogens is 4. The van der Waals surface area contributed by atoms with Crippen LogP contribution in [0.15, 0.2) is 0 Å². The zero-order valence-corrected chi connectivity index (χ0v) is 13.6. The van der Waals surface area contributed by atoms with Crippen LogP contribution in [0.5, 0.6) is 0 Å². The Kier molecular flexibility index (Phi) is 7.13. The molecule has 2 fully saturated rings. The van der Waals surface area contributed by atoms with Gasteiger partial charge >= 0.3 is 6.18 Å². The van der Waals surface area contributed by atoms with E-state index in [1.165, 1.54) is 0 Å². The molecule has 3 N–H and O–H groups in total. The zero-order valence-electron chi connectivity index (χ0n) is 12.8. The Hall–Kier alpha value is -1.02. The summed E-state index contributed by atoms with van der Waals surface area (Å²) in [5.74, 6) is -1.43. The number of nitrogens with two attached hydrogens (primary N) is 1. The smallest absolute Gasteiger partial charge is 0.353 e. The molecule has 0 radical (unpaired) electrons. The number of amides is 2. The van der Waals surface area contributed by atoms with Crippen molar-refractivity contribution in [1.82, 2.24) is 10.2 Å². The highest BCUT2D eigenvalue weighted by molar-refractivity contribution is 5.89. The Morgan fingerprint density at radius 2 is 1.96 bits per heavy atom. The molecule has 1 aliphatic heterocycles. The van der Waals surface area contributed by atoms with Crippen LogP contribution in [-0.4, -0.2) is 48.6 Å². The Labute approximate surface area is 139 Å². The molecule has 3 atom stereocenters. The largest absolute Gasteiger partial charge is 0.406 e. The molecule has 2 rings (SSSR count). The summed E-state index contributed by atoms with van der Waals surface area (Å²) in [5.41, 5.74) is 5.70. The first-order valence-electron chi connectivity index (χ1n) is 7.65. The highest BCUT2D eigenvalue weighted by atomic mass is 35.5. The normalized spacial score (nSPS) is 28.4. The van der Waals surface area contributed by atoms with Gasteiger partial charge in [-0.2, -0.15) is 13.2 Å². The van der Waals surface area contributed by atoms with Gasteiger partial charge < -0.3 is 16.0 Å². The van der Waals surface area contributed by atoms with Crippen LogP contribution in [-0.2, 0) is 9.59 Å². The first-order chi connectivity index (χ1) is 10.3. The number of hydrogen-bond acceptors (Lipinski definition) is 3. The third-order valence-electron chi connectivity index (χ3n) is 4.49. The Morgan fingerprint density at radius 3 is 2.57 bits per heavy atom. The minimum absolute atomic E-state index is 0. The molecule has 2 aliphatic rings. The lowest BCUT2D eigenvalue weighted by molar-refractivity contribution is -0.157. The van der Waals surface area contributed by atoms with Crippen LogP contribution >= 0.6 is 12.4 Å². The summed E-state index contributed by atoms with van der Waals surface area (Å²) < 4.78 is 37.1. The van der Waals surface area contributed by atoms with E-state index in [2.05, 4.69) is 5.32 Å². The summed E-state index contributed by atoms with van der Waals surface area (Å²) >= 11 is 0. The number of nitrogens with one attached hydrogen (secondary N) is 1. The summed E-state index contributed by atoms with van der Waals surface area (Å²) in [5, 5.41) is 2.89. The lowest BCUT2D eigenvalue weighted by Crippen LogP contribution is -2.47. The highest BCUT2D eigenvalue weighted by Gasteiger charge is 2.41. The molecule has 0 spiro atoms. The van der Waals surface area contributed by atoms with E-state index in [0.29, 0.717) is 11.4 Å². The molecule has 1 saturated carbocycles. The number of carbonyl (C=O) groups excluding carboxylic acids is 2. The molecule has 2 amide bonds. The molecule has 1 aliphatic carbocycles. The predicted molar refractivity (Wildman–Crippen MR) is 80.9 cm³/mol. The fourth-order valence-electron chi connectivity index (χ4n) is 3.30. The van der Waals surface area contributed by atoms with Gasteiger partial charge in [-0.05, 0) is 25.3 Å². The van der Waals surface area contributed by atoms with E-state index in [1.807, 2.05) is 0 Å². The van der Waals surface area contributed by atoms with E-state index in [9.17, 15) is 22.8 Å². The molecule has 5 nitrogen and oxygen atoms in total. The summed E-state index contributed by atoms with van der Waals surface area (Å²) in [6, 6.07) is -0.0296. The van der Waals surface area contributed by atoms with Crippen LogP contribution in [0.4, 0.5) is 13.2 Å². The maximum atomic E-state index is 12.4. The lowest BCUT2D eigenvalue weighted by Gasteiger charge is -2.32. The highest BCUT2D eigenvalue weighted by Crippen LogP contribution is 2.26. The molecule has 0 aromatic rings. The summed E-state index contributed by atoms with van der Waals surface area (Å²) in [6.45, 7) is -0.969. The summed E-state index contributed by atoms with van der Waals surface area (Å²) in [7, 11) is 0. The fraction of sp³-hybridized carbons (Fsp3) is 0.857. The minimum Gasteiger partial charge on any atom is -0.353 e. The van der Waals surface area contributed by atoms with Crippen LogP contribution in [0.3, 0.4) is 0 Å². The Balaban J connectivity index is 0.00000264. The maximum absolute atomic E-state index is 12.4. The van der Waals surface area contributed by atoms with Gasteiger partial charge in [0.2, 0.25) is 11.8 Å². The quantitative estimate of drug-likeness (QED) is 0.799. The van der Waals surface area contributed by atoms with Gasteiger partial charge in [0, 0.05) is 19.0 Å². The van der Waals surface area contributed by atoms with Crippen molar-refractivity contribution < 1.29 is 22.8 Å². The first-order valence-corrected chi connectivity index (χ1v) is 7.65. The lowest BCUT2D eigenvalue weighted by atomic mass is 9.84. The molecule has 9 heteroatoms. The minimum atomic E-state index is -4.44. The maximum Gasteiger partial charge on any atom is 0.406 e. The van der Waals surface area contributed by atoms with Crippen molar-refractivity contribution in [1.29, 1.82) is 0 Å². The van der Waals surface area contributed by atoms with Crippen molar-refractivity contribution in [3.05, 3.63) is 0 Å². The monoisotopic (exact) mass is 357 g/mol. The average Bonchev–Trinajstić information content (AvgIpc) is 2.79. The van der Waals surface area contributed by atoms with Crippen molar-refractivity contribution >= 4 is 24.2 Å². The molecule has 1 heterocycles. The Morgan fingerprint density at radius 1 is 1.30 bits per heavy atom. The molecular formula is C14H23ClF3N3O2. The van der Waals surface area contributed by atoms with Gasteiger partial charge in [-0.1, -0.05) is 12.8 Å². The zero-order chi connectivity index (χ0) is 16.3. The van der Waals surface area contributed by atoms with Gasteiger partial charge in [-0.25, -0.2) is 0 Å². The number of nitrogens with zero attached hydrogens (tertiary/aromatic N) is 1. The molecule has 134 valence electrons. The van der Waals surface area contributed by atoms with Crippen molar-refractivity contribution in [2.75, 3.05) is 19.6 Å². The predicted octanol–water partition coefficient (Wildman–Crippen LogP) is 1.45. The number of hydrogen-bond donors (Lipinski definition) is 2. The first kappa shape index (κ1) is 20.0. The molecule has 1 saturated heterocycles. The molecule has 0 aromatic heterocycles. The number of likely N-dealkylation sites (tertiary alicyclic amines) is 1. The molecule has 3 unspecified atom stereocenters. The van der Waals surface area contributed by atoms with E-state index in [-0.39, 0.29) is 43.2 Å². The van der Waals surface area contributed by atoms with Gasteiger partial charge in [0.25, 0.3) is 0 Å². The van der Waals surface area contributed by atoms with E-state index >= 15 is 0 Å². The van der Waals surface area contributed by atoms with Crippen LogP contribution < -0.4 is 11.1 Å².